The van der Waals surface area contributed by atoms with Crippen LogP contribution in [0.5, 0.6) is 0 Å². The molecule has 1 atom stereocenters. The fraction of sp³-hybridized carbons (Fsp3) is 0.0741. The number of alkyl halides is 3. The number of carbonyl (C=O) groups excluding carboxylic acids is 2. The Morgan fingerprint density at radius 2 is 1.61 bits per heavy atom. The van der Waals surface area contributed by atoms with E-state index in [1.54, 1.807) is 0 Å². The van der Waals surface area contributed by atoms with Crippen molar-refractivity contribution in [3.8, 4) is 5.69 Å². The van der Waals surface area contributed by atoms with Crippen LogP contribution in [0.1, 0.15) is 21.5 Å². The summed E-state index contributed by atoms with van der Waals surface area (Å²) in [5.41, 5.74) is 1.09. The summed E-state index contributed by atoms with van der Waals surface area (Å²) >= 11 is 0. The van der Waals surface area contributed by atoms with Crippen LogP contribution in [0.15, 0.2) is 85.1 Å². The number of rotatable bonds is 4. The lowest BCUT2D eigenvalue weighted by Gasteiger charge is -2.33. The summed E-state index contributed by atoms with van der Waals surface area (Å²) in [6, 6.07) is 16.7. The number of primary amides is 1. The Bertz CT molecular complexity index is 1710. The Morgan fingerprint density at radius 3 is 2.26 bits per heavy atom. The zero-order valence-electron chi connectivity index (χ0n) is 19.2. The monoisotopic (exact) mass is 523 g/mol. The Kier molecular flexibility index (Phi) is 5.87. The highest BCUT2D eigenvalue weighted by molar-refractivity contribution is 6.08. The van der Waals surface area contributed by atoms with Crippen LogP contribution < -0.4 is 5.73 Å². The number of aliphatic hydroxyl groups is 1. The Balaban J connectivity index is 1.69. The summed E-state index contributed by atoms with van der Waals surface area (Å²) in [5, 5.41) is 15.8. The van der Waals surface area contributed by atoms with E-state index in [-0.39, 0.29) is 16.3 Å². The molecule has 1 amide bonds. The maximum Gasteiger partial charge on any atom is 0.425 e. The van der Waals surface area contributed by atoms with Crippen LogP contribution in [0, 0.1) is 5.82 Å². The second-order valence-corrected chi connectivity index (χ2v) is 8.43. The van der Waals surface area contributed by atoms with E-state index in [1.165, 1.54) is 71.5 Å². The number of hydrogen-bond acceptors (Lipinski definition) is 5. The highest BCUT2D eigenvalue weighted by atomic mass is 19.4. The molecule has 1 heterocycles. The molecule has 0 radical (unpaired) electrons. The fourth-order valence-corrected chi connectivity index (χ4v) is 4.46. The molecule has 0 saturated heterocycles. The molecule has 0 aliphatic heterocycles. The van der Waals surface area contributed by atoms with Gasteiger partial charge in [0.25, 0.3) is 0 Å². The van der Waals surface area contributed by atoms with Crippen molar-refractivity contribution in [1.82, 2.24) is 9.78 Å². The predicted molar refractivity (Wildman–Crippen MR) is 129 cm³/mol. The molecule has 192 valence electrons. The van der Waals surface area contributed by atoms with Gasteiger partial charge in [-0.2, -0.15) is 18.3 Å². The summed E-state index contributed by atoms with van der Waals surface area (Å²) in [5.74, 6) is -1.60. The minimum atomic E-state index is -5.19. The number of fused-ring (bicyclic) bond motifs is 2. The molecule has 0 bridgehead atoms. The first kappa shape index (κ1) is 24.9. The van der Waals surface area contributed by atoms with Crippen molar-refractivity contribution in [3.63, 3.8) is 0 Å². The molecule has 0 saturated carbocycles. The van der Waals surface area contributed by atoms with Crippen LogP contribution in [0.3, 0.4) is 0 Å². The number of hydrogen-bond donors (Lipinski definition) is 2. The van der Waals surface area contributed by atoms with Crippen molar-refractivity contribution in [3.05, 3.63) is 108 Å². The molecule has 7 nitrogen and oxygen atoms in total. The predicted octanol–water partition coefficient (Wildman–Crippen LogP) is 5.35. The topological polar surface area (TPSA) is 107 Å². The molecule has 11 heteroatoms. The molecule has 0 fully saturated rings. The number of nitrogens with zero attached hydrogens (tertiary/aromatic N) is 2. The minimum Gasteiger partial charge on any atom is -0.373 e. The molecule has 5 aromatic rings. The standard InChI is InChI=1S/C27H17F4N3O4/c28-17-6-8-18(9-7-17)34-23-12-5-16(13-15(23)14-33-34)26(37,27(29,30)31)22-11-10-21(24(35)38-25(32)36)19-3-1-2-4-20(19)22/h1-14,37H,(H2,32,36). The lowest BCUT2D eigenvalue weighted by atomic mass is 9.81. The largest absolute Gasteiger partial charge is 0.425 e. The Hall–Kier alpha value is -4.77. The van der Waals surface area contributed by atoms with Gasteiger partial charge in [0.05, 0.1) is 23.0 Å². The van der Waals surface area contributed by atoms with E-state index in [1.807, 2.05) is 0 Å². The van der Waals surface area contributed by atoms with Crippen molar-refractivity contribution in [2.75, 3.05) is 0 Å². The average Bonchev–Trinajstić information content (AvgIpc) is 3.30. The third-order valence-electron chi connectivity index (χ3n) is 6.19. The molecule has 0 spiro atoms. The van der Waals surface area contributed by atoms with E-state index in [0.717, 1.165) is 18.2 Å². The number of esters is 1. The van der Waals surface area contributed by atoms with Gasteiger partial charge in [-0.1, -0.05) is 36.4 Å². The molecular formula is C27H17F4N3O4. The molecule has 5 rings (SSSR count). The molecule has 38 heavy (non-hydrogen) atoms. The van der Waals surface area contributed by atoms with Crippen LogP contribution in [0.4, 0.5) is 22.4 Å². The lowest BCUT2D eigenvalue weighted by Crippen LogP contribution is -2.43. The first-order valence-corrected chi connectivity index (χ1v) is 11.1. The van der Waals surface area contributed by atoms with Gasteiger partial charge in [-0.3, -0.25) is 0 Å². The quantitative estimate of drug-likeness (QED) is 0.188. The normalized spacial score (nSPS) is 13.4. The zero-order chi connectivity index (χ0) is 27.2. The van der Waals surface area contributed by atoms with Crippen molar-refractivity contribution in [2.24, 2.45) is 5.73 Å². The first-order chi connectivity index (χ1) is 18.0. The summed E-state index contributed by atoms with van der Waals surface area (Å²) in [6.45, 7) is 0. The summed E-state index contributed by atoms with van der Waals surface area (Å²) in [6.07, 6.45) is -5.23. The summed E-state index contributed by atoms with van der Waals surface area (Å²) in [7, 11) is 0. The number of carbonyl (C=O) groups is 2. The lowest BCUT2D eigenvalue weighted by molar-refractivity contribution is -0.247. The van der Waals surface area contributed by atoms with Gasteiger partial charge in [0.1, 0.15) is 5.82 Å². The summed E-state index contributed by atoms with van der Waals surface area (Å²) < 4.78 is 63.2. The third-order valence-corrected chi connectivity index (χ3v) is 6.19. The van der Waals surface area contributed by atoms with Gasteiger partial charge in [0.15, 0.2) is 0 Å². The number of aromatic nitrogens is 2. The van der Waals surface area contributed by atoms with E-state index in [2.05, 4.69) is 9.84 Å². The van der Waals surface area contributed by atoms with Gasteiger partial charge >= 0.3 is 18.2 Å². The van der Waals surface area contributed by atoms with E-state index < -0.39 is 40.8 Å². The molecular weight excluding hydrogens is 506 g/mol. The van der Waals surface area contributed by atoms with E-state index >= 15 is 0 Å². The van der Waals surface area contributed by atoms with Crippen LogP contribution in [-0.4, -0.2) is 33.1 Å². The second-order valence-electron chi connectivity index (χ2n) is 8.43. The maximum atomic E-state index is 14.7. The van der Waals surface area contributed by atoms with Crippen LogP contribution in [0.2, 0.25) is 0 Å². The van der Waals surface area contributed by atoms with Crippen molar-refractivity contribution >= 4 is 33.7 Å². The van der Waals surface area contributed by atoms with Gasteiger partial charge in [-0.15, -0.1) is 0 Å². The van der Waals surface area contributed by atoms with Gasteiger partial charge in [0.2, 0.25) is 5.60 Å². The van der Waals surface area contributed by atoms with Crippen molar-refractivity contribution in [2.45, 2.75) is 11.8 Å². The van der Waals surface area contributed by atoms with Gasteiger partial charge in [-0.05, 0) is 58.8 Å². The van der Waals surface area contributed by atoms with Crippen LogP contribution >= 0.6 is 0 Å². The molecule has 0 aliphatic rings. The van der Waals surface area contributed by atoms with Crippen molar-refractivity contribution < 1.29 is 37.0 Å². The SMILES string of the molecule is NC(=O)OC(=O)c1ccc(C(O)(c2ccc3c(cnn3-c3ccc(F)cc3)c2)C(F)(F)F)c2ccccc12. The first-order valence-electron chi connectivity index (χ1n) is 11.1. The third kappa shape index (κ3) is 4.02. The van der Waals surface area contributed by atoms with E-state index in [0.29, 0.717) is 16.6 Å². The van der Waals surface area contributed by atoms with Crippen molar-refractivity contribution in [1.29, 1.82) is 0 Å². The highest BCUT2D eigenvalue weighted by Crippen LogP contribution is 2.47. The van der Waals surface area contributed by atoms with Gasteiger partial charge in [-0.25, -0.2) is 18.7 Å². The Labute approximate surface area is 211 Å². The number of ether oxygens (including phenoxy) is 1. The average molecular weight is 523 g/mol. The van der Waals surface area contributed by atoms with E-state index in [4.69, 9.17) is 5.73 Å². The molecule has 1 unspecified atom stereocenters. The minimum absolute atomic E-state index is 0.0177. The van der Waals surface area contributed by atoms with Gasteiger partial charge < -0.3 is 15.6 Å². The second kappa shape index (κ2) is 8.96. The smallest absolute Gasteiger partial charge is 0.373 e. The number of benzene rings is 4. The maximum absolute atomic E-state index is 14.7. The number of nitrogens with two attached hydrogens (primary N) is 1. The van der Waals surface area contributed by atoms with Crippen LogP contribution in [0.25, 0.3) is 27.4 Å². The Morgan fingerprint density at radius 1 is 0.921 bits per heavy atom. The molecule has 1 aromatic heterocycles. The molecule has 4 aromatic carbocycles. The number of amides is 1. The highest BCUT2D eigenvalue weighted by Gasteiger charge is 2.57. The van der Waals surface area contributed by atoms with Gasteiger partial charge in [0, 0.05) is 10.9 Å². The fourth-order valence-electron chi connectivity index (χ4n) is 4.46. The number of halogens is 4. The van der Waals surface area contributed by atoms with E-state index in [9.17, 15) is 32.3 Å². The molecule has 0 aliphatic carbocycles. The zero-order valence-corrected chi connectivity index (χ0v) is 19.2. The molecule has 3 N–H and O–H groups in total. The van der Waals surface area contributed by atoms with Crippen LogP contribution in [-0.2, 0) is 10.3 Å². The summed E-state index contributed by atoms with van der Waals surface area (Å²) in [4.78, 5) is 23.4.